The topological polar surface area (TPSA) is 29.4 Å². The number of unbranched alkanes of at least 4 members (excludes halogenated alkanes) is 3. The second kappa shape index (κ2) is 9.78. The fourth-order valence-corrected chi connectivity index (χ4v) is 1.32. The Bertz CT molecular complexity index is 228. The molecule has 0 rings (SSSR count). The molecule has 0 radical (unpaired) electrons. The molecule has 0 atom stereocenters. The van der Waals surface area contributed by atoms with Gasteiger partial charge < -0.3 is 0 Å². The molecular weight excluding hydrogens is 202 g/mol. The monoisotopic (exact) mass is 217 g/mol. The summed E-state index contributed by atoms with van der Waals surface area (Å²) in [4.78, 5) is 4.81. The summed E-state index contributed by atoms with van der Waals surface area (Å²) in [5.74, 6) is 0. The van der Waals surface area contributed by atoms with E-state index >= 15 is 0 Å². The zero-order valence-corrected chi connectivity index (χ0v) is 9.55. The lowest BCUT2D eigenvalue weighted by Gasteiger charge is -1.97. The fraction of sp³-hybridized carbons (Fsp3) is 0.778. The van der Waals surface area contributed by atoms with Gasteiger partial charge in [-0.05, 0) is 38.4 Å². The normalized spacial score (nSPS) is 9.00. The summed E-state index contributed by atoms with van der Waals surface area (Å²) in [6, 6.07) is 0. The minimum Gasteiger partial charge on any atom is -0.233 e. The quantitative estimate of drug-likeness (QED) is 0.372. The van der Waals surface area contributed by atoms with E-state index in [1.807, 2.05) is 6.92 Å². The van der Waals surface area contributed by atoms with E-state index in [0.29, 0.717) is 11.3 Å². The van der Waals surface area contributed by atoms with Crippen LogP contribution in [-0.4, -0.2) is 20.8 Å². The maximum Gasteiger partial charge on any atom is 0.0873 e. The Kier molecular flexibility index (Phi) is 9.54. The van der Waals surface area contributed by atoms with E-state index in [-0.39, 0.29) is 0 Å². The largest absolute Gasteiger partial charge is 0.233 e. The third kappa shape index (κ3) is 9.61. The molecule has 0 bridgehead atoms. The first-order valence-electron chi connectivity index (χ1n) is 4.47. The van der Waals surface area contributed by atoms with E-state index < -0.39 is 0 Å². The second-order valence-electron chi connectivity index (χ2n) is 2.92. The van der Waals surface area contributed by atoms with Gasteiger partial charge in [0.25, 0.3) is 0 Å². The highest BCUT2D eigenvalue weighted by molar-refractivity contribution is 7.78. The van der Waals surface area contributed by atoms with Gasteiger partial charge >= 0.3 is 0 Å². The lowest BCUT2D eigenvalue weighted by atomic mass is 10.1. The van der Waals surface area contributed by atoms with Crippen molar-refractivity contribution in [2.24, 2.45) is 4.99 Å². The van der Waals surface area contributed by atoms with Gasteiger partial charge in [-0.1, -0.05) is 12.8 Å². The smallest absolute Gasteiger partial charge is 0.0873 e. The van der Waals surface area contributed by atoms with Gasteiger partial charge in [0.05, 0.1) is 16.4 Å². The first-order chi connectivity index (χ1) is 6.31. The van der Waals surface area contributed by atoms with Gasteiger partial charge in [-0.3, -0.25) is 0 Å². The van der Waals surface area contributed by atoms with Crippen LogP contribution in [0.25, 0.3) is 0 Å². The van der Waals surface area contributed by atoms with Crippen molar-refractivity contribution < 1.29 is 4.21 Å². The van der Waals surface area contributed by atoms with E-state index in [1.54, 1.807) is 0 Å². The summed E-state index contributed by atoms with van der Waals surface area (Å²) in [5, 5.41) is 2.35. The Morgan fingerprint density at radius 1 is 1.38 bits per heavy atom. The maximum absolute atomic E-state index is 10.3. The summed E-state index contributed by atoms with van der Waals surface area (Å²) < 4.78 is 10.3. The summed E-state index contributed by atoms with van der Waals surface area (Å²) in [6.45, 7) is 2.69. The van der Waals surface area contributed by atoms with Crippen molar-refractivity contribution in [2.45, 2.75) is 39.0 Å². The van der Waals surface area contributed by atoms with Gasteiger partial charge in [0.15, 0.2) is 0 Å². The van der Waals surface area contributed by atoms with Crippen molar-refractivity contribution in [1.82, 2.24) is 0 Å². The first-order valence-corrected chi connectivity index (χ1v) is 5.62. The van der Waals surface area contributed by atoms with Crippen LogP contribution < -0.4 is 0 Å². The van der Waals surface area contributed by atoms with Crippen LogP contribution in [0.2, 0.25) is 0 Å². The van der Waals surface area contributed by atoms with Gasteiger partial charge in [0, 0.05) is 11.4 Å². The Hall–Kier alpha value is -0.310. The number of hydrogen-bond acceptors (Lipinski definition) is 3. The van der Waals surface area contributed by atoms with Crippen LogP contribution in [0.4, 0.5) is 0 Å². The zero-order chi connectivity index (χ0) is 9.94. The van der Waals surface area contributed by atoms with Crippen molar-refractivity contribution in [1.29, 1.82) is 0 Å². The molecule has 0 N–H and O–H groups in total. The Labute approximate surface area is 88.5 Å². The SMILES string of the molecule is CC(CCCCCCN=C=S)=S=O. The molecule has 4 heteroatoms. The molecule has 0 heterocycles. The second-order valence-corrected chi connectivity index (χ2v) is 3.97. The van der Waals surface area contributed by atoms with Crippen molar-refractivity contribution in [3.63, 3.8) is 0 Å². The molecule has 13 heavy (non-hydrogen) atoms. The molecule has 0 aromatic heterocycles. The lowest BCUT2D eigenvalue weighted by molar-refractivity contribution is 0.661. The molecule has 0 saturated carbocycles. The third-order valence-electron chi connectivity index (χ3n) is 1.76. The van der Waals surface area contributed by atoms with E-state index in [4.69, 9.17) is 0 Å². The average molecular weight is 217 g/mol. The van der Waals surface area contributed by atoms with Gasteiger partial charge in [-0.15, -0.1) is 0 Å². The zero-order valence-electron chi connectivity index (χ0n) is 7.91. The summed E-state index contributed by atoms with van der Waals surface area (Å²) in [5.41, 5.74) is 0. The fourth-order valence-electron chi connectivity index (χ4n) is 1.01. The van der Waals surface area contributed by atoms with Crippen molar-refractivity contribution >= 4 is 33.5 Å². The Balaban J connectivity index is 3.17. The highest BCUT2D eigenvalue weighted by Crippen LogP contribution is 2.03. The molecule has 0 aromatic rings. The molecule has 0 saturated heterocycles. The van der Waals surface area contributed by atoms with E-state index in [2.05, 4.69) is 22.4 Å². The van der Waals surface area contributed by atoms with E-state index in [9.17, 15) is 4.21 Å². The number of nitrogens with zero attached hydrogens (tertiary/aromatic N) is 1. The minimum absolute atomic E-state index is 0.621. The van der Waals surface area contributed by atoms with Gasteiger partial charge in [0.1, 0.15) is 0 Å². The predicted molar refractivity (Wildman–Crippen MR) is 61.8 cm³/mol. The molecule has 0 amide bonds. The van der Waals surface area contributed by atoms with E-state index in [0.717, 1.165) is 37.1 Å². The summed E-state index contributed by atoms with van der Waals surface area (Å²) >= 11 is 5.07. The van der Waals surface area contributed by atoms with Crippen LogP contribution in [-0.2, 0) is 11.3 Å². The minimum atomic E-state index is 0.621. The van der Waals surface area contributed by atoms with Crippen LogP contribution in [0, 0.1) is 0 Å². The molecular formula is C9H15NOS2. The predicted octanol–water partition coefficient (Wildman–Crippen LogP) is 2.45. The van der Waals surface area contributed by atoms with Crippen LogP contribution in [0.3, 0.4) is 0 Å². The molecule has 0 aliphatic carbocycles. The first kappa shape index (κ1) is 12.7. The standard InChI is InChI=1S/C9H15NOS2/c1-9(13-11)6-4-2-3-5-7-10-8-12/h2-7H2,1H3. The molecule has 0 spiro atoms. The molecule has 0 aliphatic heterocycles. The molecule has 0 unspecified atom stereocenters. The van der Waals surface area contributed by atoms with E-state index in [1.165, 1.54) is 6.42 Å². The third-order valence-corrected chi connectivity index (χ3v) is 2.37. The summed E-state index contributed by atoms with van der Waals surface area (Å²) in [7, 11) is 0. The number of rotatable bonds is 7. The molecule has 2 nitrogen and oxygen atoms in total. The van der Waals surface area contributed by atoms with Gasteiger partial charge in [-0.2, -0.15) is 0 Å². The molecule has 0 aliphatic rings. The van der Waals surface area contributed by atoms with Crippen molar-refractivity contribution in [3.8, 4) is 0 Å². The number of hydrogen-bond donors (Lipinski definition) is 0. The van der Waals surface area contributed by atoms with Crippen molar-refractivity contribution in [3.05, 3.63) is 0 Å². The Morgan fingerprint density at radius 2 is 2.08 bits per heavy atom. The van der Waals surface area contributed by atoms with Gasteiger partial charge in [0.2, 0.25) is 0 Å². The van der Waals surface area contributed by atoms with Crippen molar-refractivity contribution in [2.75, 3.05) is 6.54 Å². The highest BCUT2D eigenvalue weighted by Gasteiger charge is 1.92. The molecule has 74 valence electrons. The molecule has 0 fully saturated rings. The molecule has 0 aromatic carbocycles. The van der Waals surface area contributed by atoms with Gasteiger partial charge in [-0.25, -0.2) is 9.20 Å². The lowest BCUT2D eigenvalue weighted by Crippen LogP contribution is -1.90. The highest BCUT2D eigenvalue weighted by atomic mass is 32.1. The maximum atomic E-state index is 10.3. The number of aliphatic imine (C=N–C) groups is 1. The average Bonchev–Trinajstić information content (AvgIpc) is 2.16. The van der Waals surface area contributed by atoms with Crippen LogP contribution >= 0.6 is 12.2 Å². The number of isothiocyanates is 1. The number of thiocarbonyl (C=S) groups is 1. The Morgan fingerprint density at radius 3 is 2.69 bits per heavy atom. The summed E-state index contributed by atoms with van der Waals surface area (Å²) in [6.07, 6.45) is 5.47. The van der Waals surface area contributed by atoms with Crippen LogP contribution in [0.15, 0.2) is 4.99 Å². The van der Waals surface area contributed by atoms with Crippen LogP contribution in [0.5, 0.6) is 0 Å². The van der Waals surface area contributed by atoms with Crippen LogP contribution in [0.1, 0.15) is 39.0 Å².